The van der Waals surface area contributed by atoms with Gasteiger partial charge >= 0.3 is 0 Å². The monoisotopic (exact) mass is 346 g/mol. The largest absolute Gasteiger partial charge is 0.377 e. The molecule has 128 valence electrons. The second kappa shape index (κ2) is 6.77. The first-order valence-corrected chi connectivity index (χ1v) is 9.27. The Morgan fingerprint density at radius 3 is 2.79 bits per heavy atom. The molecule has 1 aliphatic heterocycles. The molecule has 4 rings (SSSR count). The summed E-state index contributed by atoms with van der Waals surface area (Å²) in [5.41, 5.74) is 1.69. The number of nitrogens with zero attached hydrogens (tertiary/aromatic N) is 1. The van der Waals surface area contributed by atoms with Crippen LogP contribution in [-0.2, 0) is 4.74 Å². The van der Waals surface area contributed by atoms with Crippen molar-refractivity contribution in [3.8, 4) is 0 Å². The van der Waals surface area contributed by atoms with Crippen LogP contribution in [0.2, 0.25) is 5.02 Å². The standard InChI is InChI=1S/C19H23ClN2O2/c20-16-6-3-7-17-18(16)15(10-22(17)14-11-24-12-14)19(23)21-9-8-13-4-1-2-5-13/h3,6-7,10,13-14H,1-2,4-5,8-9,11-12H2,(H,21,23). The zero-order valence-corrected chi connectivity index (χ0v) is 14.5. The third-order valence-electron chi connectivity index (χ3n) is 5.38. The van der Waals surface area contributed by atoms with Crippen molar-refractivity contribution in [2.75, 3.05) is 19.8 Å². The van der Waals surface area contributed by atoms with E-state index in [4.69, 9.17) is 16.3 Å². The molecule has 1 saturated carbocycles. The van der Waals surface area contributed by atoms with Gasteiger partial charge in [0.25, 0.3) is 5.91 Å². The van der Waals surface area contributed by atoms with Crippen molar-refractivity contribution >= 4 is 28.4 Å². The van der Waals surface area contributed by atoms with Gasteiger partial charge in [0.15, 0.2) is 0 Å². The van der Waals surface area contributed by atoms with Crippen LogP contribution in [0.5, 0.6) is 0 Å². The van der Waals surface area contributed by atoms with Gasteiger partial charge in [-0.3, -0.25) is 4.79 Å². The molecule has 1 amide bonds. The van der Waals surface area contributed by atoms with Gasteiger partial charge in [0.1, 0.15) is 0 Å². The number of aromatic nitrogens is 1. The fraction of sp³-hybridized carbons (Fsp3) is 0.526. The Labute approximate surface area is 147 Å². The number of carbonyl (C=O) groups excluding carboxylic acids is 1. The average Bonchev–Trinajstić information content (AvgIpc) is 3.15. The van der Waals surface area contributed by atoms with Gasteiger partial charge < -0.3 is 14.6 Å². The minimum atomic E-state index is -0.0231. The van der Waals surface area contributed by atoms with Crippen molar-refractivity contribution in [1.29, 1.82) is 0 Å². The van der Waals surface area contributed by atoms with Gasteiger partial charge in [-0.1, -0.05) is 43.4 Å². The van der Waals surface area contributed by atoms with Crippen LogP contribution >= 0.6 is 11.6 Å². The van der Waals surface area contributed by atoms with Gasteiger partial charge in [0.2, 0.25) is 0 Å². The molecule has 1 aromatic carbocycles. The van der Waals surface area contributed by atoms with Gasteiger partial charge in [-0.25, -0.2) is 0 Å². The second-order valence-corrected chi connectivity index (χ2v) is 7.38. The highest BCUT2D eigenvalue weighted by Crippen LogP contribution is 2.33. The molecule has 0 bridgehead atoms. The van der Waals surface area contributed by atoms with Crippen molar-refractivity contribution in [2.24, 2.45) is 5.92 Å². The zero-order chi connectivity index (χ0) is 16.5. The van der Waals surface area contributed by atoms with Crippen LogP contribution in [0, 0.1) is 5.92 Å². The van der Waals surface area contributed by atoms with E-state index < -0.39 is 0 Å². The molecule has 1 saturated heterocycles. The molecule has 2 heterocycles. The van der Waals surface area contributed by atoms with Gasteiger partial charge in [-0.2, -0.15) is 0 Å². The SMILES string of the molecule is O=C(NCCC1CCCC1)c1cn(C2COC2)c2cccc(Cl)c12. The predicted molar refractivity (Wildman–Crippen MR) is 95.7 cm³/mol. The van der Waals surface area contributed by atoms with E-state index in [-0.39, 0.29) is 5.91 Å². The Balaban J connectivity index is 1.54. The van der Waals surface area contributed by atoms with Crippen molar-refractivity contribution in [1.82, 2.24) is 9.88 Å². The van der Waals surface area contributed by atoms with E-state index in [9.17, 15) is 4.79 Å². The Morgan fingerprint density at radius 1 is 1.29 bits per heavy atom. The summed E-state index contributed by atoms with van der Waals surface area (Å²) in [5, 5.41) is 4.57. The van der Waals surface area contributed by atoms with Gasteiger partial charge in [0, 0.05) is 18.1 Å². The molecule has 0 atom stereocenters. The lowest BCUT2D eigenvalue weighted by Gasteiger charge is -2.28. The molecule has 5 heteroatoms. The Kier molecular flexibility index (Phi) is 4.51. The maximum Gasteiger partial charge on any atom is 0.253 e. The molecule has 1 aromatic heterocycles. The van der Waals surface area contributed by atoms with Crippen LogP contribution in [0.3, 0.4) is 0 Å². The summed E-state index contributed by atoms with van der Waals surface area (Å²) in [6.45, 7) is 2.13. The maximum absolute atomic E-state index is 12.7. The third-order valence-corrected chi connectivity index (χ3v) is 5.69. The number of fused-ring (bicyclic) bond motifs is 1. The summed E-state index contributed by atoms with van der Waals surface area (Å²) in [6, 6.07) is 6.10. The average molecular weight is 347 g/mol. The normalized spacial score (nSPS) is 18.9. The molecule has 2 aliphatic rings. The second-order valence-electron chi connectivity index (χ2n) is 6.97. The molecule has 0 unspecified atom stereocenters. The Bertz CT molecular complexity index is 745. The van der Waals surface area contributed by atoms with Crippen LogP contribution in [0.25, 0.3) is 10.9 Å². The molecule has 1 N–H and O–H groups in total. The predicted octanol–water partition coefficient (Wildman–Crippen LogP) is 4.18. The topological polar surface area (TPSA) is 43.3 Å². The third kappa shape index (κ3) is 2.93. The maximum atomic E-state index is 12.7. The van der Waals surface area contributed by atoms with Gasteiger partial charge in [0.05, 0.1) is 35.4 Å². The summed E-state index contributed by atoms with van der Waals surface area (Å²) in [6.07, 6.45) is 8.31. The highest BCUT2D eigenvalue weighted by molar-refractivity contribution is 6.36. The van der Waals surface area contributed by atoms with E-state index >= 15 is 0 Å². The number of rotatable bonds is 5. The minimum absolute atomic E-state index is 0.0231. The highest BCUT2D eigenvalue weighted by Gasteiger charge is 2.26. The summed E-state index contributed by atoms with van der Waals surface area (Å²) in [4.78, 5) is 12.7. The molecular weight excluding hydrogens is 324 g/mol. The Hall–Kier alpha value is -1.52. The van der Waals surface area contributed by atoms with Gasteiger partial charge in [-0.15, -0.1) is 0 Å². The van der Waals surface area contributed by atoms with E-state index in [0.29, 0.717) is 29.8 Å². The summed E-state index contributed by atoms with van der Waals surface area (Å²) in [5.74, 6) is 0.757. The minimum Gasteiger partial charge on any atom is -0.377 e. The van der Waals surface area contributed by atoms with Crippen molar-refractivity contribution in [3.63, 3.8) is 0 Å². The quantitative estimate of drug-likeness (QED) is 0.882. The lowest BCUT2D eigenvalue weighted by atomic mass is 10.0. The first-order valence-electron chi connectivity index (χ1n) is 8.89. The molecule has 1 aliphatic carbocycles. The fourth-order valence-electron chi connectivity index (χ4n) is 3.91. The lowest BCUT2D eigenvalue weighted by molar-refractivity contribution is -0.0214. The number of carbonyl (C=O) groups is 1. The number of hydrogen-bond donors (Lipinski definition) is 1. The highest BCUT2D eigenvalue weighted by atomic mass is 35.5. The van der Waals surface area contributed by atoms with E-state index in [2.05, 4.69) is 9.88 Å². The van der Waals surface area contributed by atoms with Crippen LogP contribution in [0.1, 0.15) is 48.5 Å². The van der Waals surface area contributed by atoms with E-state index in [1.54, 1.807) is 0 Å². The van der Waals surface area contributed by atoms with Crippen molar-refractivity contribution in [3.05, 3.63) is 35.0 Å². The summed E-state index contributed by atoms with van der Waals surface area (Å²) < 4.78 is 7.44. The van der Waals surface area contributed by atoms with Crippen molar-refractivity contribution < 1.29 is 9.53 Å². The lowest BCUT2D eigenvalue weighted by Crippen LogP contribution is -2.30. The molecule has 0 spiro atoms. The molecular formula is C19H23ClN2O2. The molecule has 2 aromatic rings. The number of hydrogen-bond acceptors (Lipinski definition) is 2. The van der Waals surface area contributed by atoms with E-state index in [0.717, 1.165) is 29.8 Å². The van der Waals surface area contributed by atoms with E-state index in [1.807, 2.05) is 24.4 Å². The number of nitrogens with one attached hydrogen (secondary N) is 1. The number of amides is 1. The number of benzene rings is 1. The van der Waals surface area contributed by atoms with Crippen LogP contribution in [0.4, 0.5) is 0 Å². The Morgan fingerprint density at radius 2 is 2.08 bits per heavy atom. The van der Waals surface area contributed by atoms with Crippen LogP contribution in [0.15, 0.2) is 24.4 Å². The molecule has 24 heavy (non-hydrogen) atoms. The fourth-order valence-corrected chi connectivity index (χ4v) is 4.18. The zero-order valence-electron chi connectivity index (χ0n) is 13.8. The smallest absolute Gasteiger partial charge is 0.253 e. The molecule has 0 radical (unpaired) electrons. The number of ether oxygens (including phenoxy) is 1. The first kappa shape index (κ1) is 16.0. The molecule has 2 fully saturated rings. The number of halogens is 1. The molecule has 4 nitrogen and oxygen atoms in total. The van der Waals surface area contributed by atoms with E-state index in [1.165, 1.54) is 25.7 Å². The first-order chi connectivity index (χ1) is 11.7. The van der Waals surface area contributed by atoms with Gasteiger partial charge in [-0.05, 0) is 24.5 Å². The van der Waals surface area contributed by atoms with Crippen LogP contribution in [-0.4, -0.2) is 30.2 Å². The summed E-state index contributed by atoms with van der Waals surface area (Å²) >= 11 is 6.40. The van der Waals surface area contributed by atoms with Crippen LogP contribution < -0.4 is 5.32 Å². The summed E-state index contributed by atoms with van der Waals surface area (Å²) in [7, 11) is 0. The van der Waals surface area contributed by atoms with Crippen molar-refractivity contribution in [2.45, 2.75) is 38.1 Å².